The summed E-state index contributed by atoms with van der Waals surface area (Å²) in [7, 11) is 0. The molecule has 0 aromatic heterocycles. The molecule has 1 aliphatic rings. The lowest BCUT2D eigenvalue weighted by Gasteiger charge is -2.41. The van der Waals surface area contributed by atoms with Crippen molar-refractivity contribution in [2.75, 3.05) is 39.3 Å². The van der Waals surface area contributed by atoms with Gasteiger partial charge in [-0.05, 0) is 57.5 Å². The minimum absolute atomic E-state index is 0.434. The predicted molar refractivity (Wildman–Crippen MR) is 87.3 cm³/mol. The molecule has 0 amide bonds. The van der Waals surface area contributed by atoms with Gasteiger partial charge in [-0.15, -0.1) is 0 Å². The Bertz CT molecular complexity index is 239. The Morgan fingerprint density at radius 2 is 1.95 bits per heavy atom. The molecule has 0 aromatic rings. The van der Waals surface area contributed by atoms with Gasteiger partial charge in [0.2, 0.25) is 0 Å². The number of likely N-dealkylation sites (tertiary alicyclic amines) is 1. The average Bonchev–Trinajstić information content (AvgIpc) is 2.47. The van der Waals surface area contributed by atoms with Gasteiger partial charge in [-0.1, -0.05) is 20.8 Å². The largest absolute Gasteiger partial charge is 0.377 e. The van der Waals surface area contributed by atoms with Gasteiger partial charge in [-0.3, -0.25) is 0 Å². The first-order valence-corrected chi connectivity index (χ1v) is 8.74. The third-order valence-electron chi connectivity index (χ3n) is 4.85. The fourth-order valence-electron chi connectivity index (χ4n) is 3.31. The van der Waals surface area contributed by atoms with Gasteiger partial charge in [0.25, 0.3) is 0 Å². The van der Waals surface area contributed by atoms with Crippen molar-refractivity contribution in [1.82, 2.24) is 10.2 Å². The van der Waals surface area contributed by atoms with E-state index in [-0.39, 0.29) is 0 Å². The van der Waals surface area contributed by atoms with Crippen molar-refractivity contribution in [2.45, 2.75) is 65.9 Å². The zero-order valence-electron chi connectivity index (χ0n) is 14.2. The SMILES string of the molecule is CCCNCC(CC)(CC)CN1CCCC(OCC)C1. The first-order chi connectivity index (χ1) is 9.69. The Kier molecular flexibility index (Phi) is 8.74. The predicted octanol–water partition coefficient (Wildman–Crippen LogP) is 3.29. The molecule has 20 heavy (non-hydrogen) atoms. The molecule has 0 radical (unpaired) electrons. The Morgan fingerprint density at radius 1 is 1.20 bits per heavy atom. The molecular formula is C17H36N2O. The Morgan fingerprint density at radius 3 is 2.55 bits per heavy atom. The summed E-state index contributed by atoms with van der Waals surface area (Å²) < 4.78 is 5.84. The van der Waals surface area contributed by atoms with Crippen LogP contribution in [0, 0.1) is 5.41 Å². The molecule has 1 fully saturated rings. The fourth-order valence-corrected chi connectivity index (χ4v) is 3.31. The van der Waals surface area contributed by atoms with Crippen LogP contribution < -0.4 is 5.32 Å². The number of rotatable bonds is 10. The summed E-state index contributed by atoms with van der Waals surface area (Å²) in [5.74, 6) is 0. The van der Waals surface area contributed by atoms with Gasteiger partial charge in [0, 0.05) is 26.2 Å². The minimum atomic E-state index is 0.434. The lowest BCUT2D eigenvalue weighted by atomic mass is 9.81. The van der Waals surface area contributed by atoms with Crippen LogP contribution in [0.4, 0.5) is 0 Å². The van der Waals surface area contributed by atoms with E-state index in [9.17, 15) is 0 Å². The highest BCUT2D eigenvalue weighted by Gasteiger charge is 2.30. The lowest BCUT2D eigenvalue weighted by molar-refractivity contribution is -0.00802. The van der Waals surface area contributed by atoms with Crippen molar-refractivity contribution in [3.05, 3.63) is 0 Å². The molecule has 3 heteroatoms. The number of hydrogen-bond donors (Lipinski definition) is 1. The van der Waals surface area contributed by atoms with E-state index in [1.165, 1.54) is 45.2 Å². The summed E-state index contributed by atoms with van der Waals surface area (Å²) >= 11 is 0. The topological polar surface area (TPSA) is 24.5 Å². The van der Waals surface area contributed by atoms with E-state index in [0.717, 1.165) is 26.2 Å². The fraction of sp³-hybridized carbons (Fsp3) is 1.00. The van der Waals surface area contributed by atoms with Crippen LogP contribution in [0.25, 0.3) is 0 Å². The standard InChI is InChI=1S/C17H36N2O/c1-5-11-18-14-17(6-2,7-3)15-19-12-9-10-16(13-19)20-8-4/h16,18H,5-15H2,1-4H3. The highest BCUT2D eigenvalue weighted by molar-refractivity contribution is 4.85. The second-order valence-corrected chi connectivity index (χ2v) is 6.34. The molecule has 1 heterocycles. The van der Waals surface area contributed by atoms with Crippen molar-refractivity contribution in [3.63, 3.8) is 0 Å². The molecule has 3 nitrogen and oxygen atoms in total. The molecule has 0 aromatic carbocycles. The molecule has 1 atom stereocenters. The average molecular weight is 284 g/mol. The quantitative estimate of drug-likeness (QED) is 0.623. The lowest BCUT2D eigenvalue weighted by Crippen LogP contribution is -2.48. The highest BCUT2D eigenvalue weighted by Crippen LogP contribution is 2.28. The van der Waals surface area contributed by atoms with Crippen LogP contribution >= 0.6 is 0 Å². The van der Waals surface area contributed by atoms with Crippen LogP contribution in [-0.2, 0) is 4.74 Å². The minimum Gasteiger partial charge on any atom is -0.377 e. The number of nitrogens with one attached hydrogen (secondary N) is 1. The van der Waals surface area contributed by atoms with Crippen molar-refractivity contribution < 1.29 is 4.74 Å². The van der Waals surface area contributed by atoms with Crippen LogP contribution in [0.15, 0.2) is 0 Å². The highest BCUT2D eigenvalue weighted by atomic mass is 16.5. The van der Waals surface area contributed by atoms with Crippen molar-refractivity contribution in [1.29, 1.82) is 0 Å². The third-order valence-corrected chi connectivity index (χ3v) is 4.85. The van der Waals surface area contributed by atoms with Gasteiger partial charge >= 0.3 is 0 Å². The van der Waals surface area contributed by atoms with Gasteiger partial charge in [0.15, 0.2) is 0 Å². The van der Waals surface area contributed by atoms with Gasteiger partial charge in [0.05, 0.1) is 6.10 Å². The maximum Gasteiger partial charge on any atom is 0.0702 e. The summed E-state index contributed by atoms with van der Waals surface area (Å²) in [6.45, 7) is 15.8. The molecule has 1 N–H and O–H groups in total. The number of ether oxygens (including phenoxy) is 1. The van der Waals surface area contributed by atoms with Crippen molar-refractivity contribution >= 4 is 0 Å². The van der Waals surface area contributed by atoms with Gasteiger partial charge < -0.3 is 15.0 Å². The van der Waals surface area contributed by atoms with Gasteiger partial charge in [-0.2, -0.15) is 0 Å². The van der Waals surface area contributed by atoms with E-state index in [1.54, 1.807) is 0 Å². The molecule has 0 spiro atoms. The molecule has 1 saturated heterocycles. The molecule has 0 saturated carbocycles. The smallest absolute Gasteiger partial charge is 0.0702 e. The molecule has 1 rings (SSSR count). The Labute approximate surface area is 126 Å². The summed E-state index contributed by atoms with van der Waals surface area (Å²) in [5.41, 5.74) is 0.434. The normalized spacial score (nSPS) is 21.3. The second kappa shape index (κ2) is 9.75. The molecule has 0 aliphatic carbocycles. The van der Waals surface area contributed by atoms with Crippen LogP contribution in [0.3, 0.4) is 0 Å². The van der Waals surface area contributed by atoms with Crippen LogP contribution in [0.5, 0.6) is 0 Å². The van der Waals surface area contributed by atoms with Crippen molar-refractivity contribution in [2.24, 2.45) is 5.41 Å². The van der Waals surface area contributed by atoms with E-state index in [4.69, 9.17) is 4.74 Å². The summed E-state index contributed by atoms with van der Waals surface area (Å²) in [6.07, 6.45) is 6.73. The monoisotopic (exact) mass is 284 g/mol. The molecular weight excluding hydrogens is 248 g/mol. The first kappa shape index (κ1) is 17.9. The maximum absolute atomic E-state index is 5.84. The van der Waals surface area contributed by atoms with Gasteiger partial charge in [0.1, 0.15) is 0 Å². The van der Waals surface area contributed by atoms with E-state index in [2.05, 4.69) is 37.9 Å². The summed E-state index contributed by atoms with van der Waals surface area (Å²) in [6, 6.07) is 0. The van der Waals surface area contributed by atoms with E-state index in [1.807, 2.05) is 0 Å². The number of hydrogen-bond acceptors (Lipinski definition) is 3. The van der Waals surface area contributed by atoms with Crippen LogP contribution in [-0.4, -0.2) is 50.3 Å². The van der Waals surface area contributed by atoms with E-state index >= 15 is 0 Å². The van der Waals surface area contributed by atoms with Crippen LogP contribution in [0.1, 0.15) is 59.8 Å². The van der Waals surface area contributed by atoms with Gasteiger partial charge in [-0.25, -0.2) is 0 Å². The van der Waals surface area contributed by atoms with E-state index in [0.29, 0.717) is 11.5 Å². The Balaban J connectivity index is 2.50. The zero-order valence-corrected chi connectivity index (χ0v) is 14.2. The number of piperidine rings is 1. The van der Waals surface area contributed by atoms with E-state index < -0.39 is 0 Å². The molecule has 1 unspecified atom stereocenters. The molecule has 0 bridgehead atoms. The third kappa shape index (κ3) is 5.71. The maximum atomic E-state index is 5.84. The first-order valence-electron chi connectivity index (χ1n) is 8.74. The van der Waals surface area contributed by atoms with Crippen LogP contribution in [0.2, 0.25) is 0 Å². The molecule has 1 aliphatic heterocycles. The van der Waals surface area contributed by atoms with Crippen molar-refractivity contribution in [3.8, 4) is 0 Å². The second-order valence-electron chi connectivity index (χ2n) is 6.34. The Hall–Kier alpha value is -0.120. The summed E-state index contributed by atoms with van der Waals surface area (Å²) in [4.78, 5) is 2.64. The molecule has 120 valence electrons. The zero-order chi connectivity index (χ0) is 14.8. The number of nitrogens with zero attached hydrogens (tertiary/aromatic N) is 1. The summed E-state index contributed by atoms with van der Waals surface area (Å²) in [5, 5.41) is 3.65.